The fourth-order valence-electron chi connectivity index (χ4n) is 3.29. The normalized spacial score (nSPS) is 17.8. The molecule has 0 N–H and O–H groups in total. The molecule has 5 nitrogen and oxygen atoms in total. The van der Waals surface area contributed by atoms with E-state index in [1.807, 2.05) is 10.3 Å². The molecule has 0 bridgehead atoms. The van der Waals surface area contributed by atoms with Gasteiger partial charge in [0.25, 0.3) is 5.56 Å². The number of rotatable bonds is 6. The third-order valence-electron chi connectivity index (χ3n) is 4.60. The lowest BCUT2D eigenvalue weighted by Crippen LogP contribution is -2.44. The van der Waals surface area contributed by atoms with Crippen LogP contribution in [-0.2, 0) is 11.3 Å². The number of nitrogens with zero attached hydrogens (tertiary/aromatic N) is 3. The Kier molecular flexibility index (Phi) is 5.96. The Morgan fingerprint density at radius 3 is 3.12 bits per heavy atom. The first kappa shape index (κ1) is 18.2. The molecule has 3 heterocycles. The van der Waals surface area contributed by atoms with Gasteiger partial charge in [0.05, 0.1) is 11.1 Å². The number of fused-ring (bicyclic) bond motifs is 1. The highest BCUT2D eigenvalue weighted by molar-refractivity contribution is 7.99. The molecule has 1 amide bonds. The van der Waals surface area contributed by atoms with Crippen molar-refractivity contribution in [3.63, 3.8) is 0 Å². The zero-order valence-electron chi connectivity index (χ0n) is 14.4. The number of carbonyl (C=O) groups excluding carboxylic acids is 1. The summed E-state index contributed by atoms with van der Waals surface area (Å²) in [5.74, 6) is 0.457. The van der Waals surface area contributed by atoms with Crippen LogP contribution < -0.4 is 5.56 Å². The Balaban J connectivity index is 1.80. The molecule has 1 fully saturated rings. The number of amides is 1. The molecule has 1 unspecified atom stereocenters. The van der Waals surface area contributed by atoms with Crippen LogP contribution in [0.2, 0.25) is 0 Å². The fraction of sp³-hybridized carbons (Fsp3) is 0.500. The molecule has 7 heteroatoms. The van der Waals surface area contributed by atoms with Crippen molar-refractivity contribution in [2.24, 2.45) is 0 Å². The molecule has 0 saturated carbocycles. The van der Waals surface area contributed by atoms with Gasteiger partial charge in [0.1, 0.15) is 4.83 Å². The SMILES string of the molecule is C=CCn1c(SCC(=O)N2CCCCC2CC)nc2sccc2c1=O. The van der Waals surface area contributed by atoms with Crippen LogP contribution >= 0.6 is 23.1 Å². The second-order valence-corrected chi connectivity index (χ2v) is 8.01. The van der Waals surface area contributed by atoms with Crippen LogP contribution in [0.3, 0.4) is 0 Å². The number of hydrogen-bond acceptors (Lipinski definition) is 5. The van der Waals surface area contributed by atoms with E-state index in [0.29, 0.717) is 28.9 Å². The highest BCUT2D eigenvalue weighted by Crippen LogP contribution is 2.24. The number of allylic oxidation sites excluding steroid dienone is 1. The molecule has 1 aliphatic rings. The maximum absolute atomic E-state index is 12.7. The molecule has 2 aromatic heterocycles. The topological polar surface area (TPSA) is 55.2 Å². The summed E-state index contributed by atoms with van der Waals surface area (Å²) in [6.07, 6.45) is 6.05. The van der Waals surface area contributed by atoms with Crippen molar-refractivity contribution in [1.82, 2.24) is 14.5 Å². The van der Waals surface area contributed by atoms with Gasteiger partial charge in [0.15, 0.2) is 5.16 Å². The van der Waals surface area contributed by atoms with Crippen molar-refractivity contribution in [2.75, 3.05) is 12.3 Å². The summed E-state index contributed by atoms with van der Waals surface area (Å²) in [6, 6.07) is 2.15. The molecule has 0 radical (unpaired) electrons. The van der Waals surface area contributed by atoms with Crippen LogP contribution in [0.25, 0.3) is 10.2 Å². The molecule has 0 aliphatic carbocycles. The molecule has 1 aliphatic heterocycles. The van der Waals surface area contributed by atoms with Crippen molar-refractivity contribution < 1.29 is 4.79 Å². The second-order valence-electron chi connectivity index (χ2n) is 6.17. The van der Waals surface area contributed by atoms with Crippen molar-refractivity contribution >= 4 is 39.2 Å². The van der Waals surface area contributed by atoms with E-state index in [2.05, 4.69) is 18.5 Å². The number of hydrogen-bond donors (Lipinski definition) is 0. The van der Waals surface area contributed by atoms with Gasteiger partial charge in [-0.25, -0.2) is 4.98 Å². The average molecular weight is 378 g/mol. The highest BCUT2D eigenvalue weighted by atomic mass is 32.2. The van der Waals surface area contributed by atoms with E-state index >= 15 is 0 Å². The fourth-order valence-corrected chi connectivity index (χ4v) is 4.99. The molecule has 134 valence electrons. The first-order chi connectivity index (χ1) is 12.2. The Morgan fingerprint density at radius 1 is 1.52 bits per heavy atom. The van der Waals surface area contributed by atoms with Crippen LogP contribution in [0.15, 0.2) is 34.1 Å². The smallest absolute Gasteiger partial charge is 0.263 e. The number of likely N-dealkylation sites (tertiary alicyclic amines) is 1. The maximum Gasteiger partial charge on any atom is 0.263 e. The van der Waals surface area contributed by atoms with Crippen LogP contribution in [0.5, 0.6) is 0 Å². The Hall–Kier alpha value is -1.60. The lowest BCUT2D eigenvalue weighted by atomic mass is 10.0. The van der Waals surface area contributed by atoms with Crippen LogP contribution in [0, 0.1) is 0 Å². The zero-order valence-corrected chi connectivity index (χ0v) is 16.1. The monoisotopic (exact) mass is 377 g/mol. The first-order valence-corrected chi connectivity index (χ1v) is 10.5. The molecule has 2 aromatic rings. The predicted octanol–water partition coefficient (Wildman–Crippen LogP) is 3.53. The summed E-state index contributed by atoms with van der Waals surface area (Å²) in [6.45, 7) is 7.10. The molecule has 0 spiro atoms. The van der Waals surface area contributed by atoms with Gasteiger partial charge in [-0.1, -0.05) is 24.8 Å². The summed E-state index contributed by atoms with van der Waals surface area (Å²) in [4.78, 5) is 32.6. The van der Waals surface area contributed by atoms with E-state index in [9.17, 15) is 9.59 Å². The Labute approximate surface area is 155 Å². The van der Waals surface area contributed by atoms with E-state index in [1.54, 1.807) is 16.7 Å². The van der Waals surface area contributed by atoms with Gasteiger partial charge in [-0.05, 0) is 37.1 Å². The van der Waals surface area contributed by atoms with Gasteiger partial charge < -0.3 is 4.90 Å². The predicted molar refractivity (Wildman–Crippen MR) is 104 cm³/mol. The summed E-state index contributed by atoms with van der Waals surface area (Å²) < 4.78 is 1.60. The summed E-state index contributed by atoms with van der Waals surface area (Å²) in [7, 11) is 0. The first-order valence-electron chi connectivity index (χ1n) is 8.67. The van der Waals surface area contributed by atoms with Gasteiger partial charge in [-0.2, -0.15) is 0 Å². The molecule has 1 saturated heterocycles. The lowest BCUT2D eigenvalue weighted by molar-refractivity contribution is -0.132. The maximum atomic E-state index is 12.7. The molecule has 0 aromatic carbocycles. The van der Waals surface area contributed by atoms with E-state index in [-0.39, 0.29) is 11.5 Å². The lowest BCUT2D eigenvalue weighted by Gasteiger charge is -2.35. The van der Waals surface area contributed by atoms with Crippen LogP contribution in [-0.4, -0.2) is 38.7 Å². The van der Waals surface area contributed by atoms with E-state index in [1.165, 1.54) is 29.5 Å². The van der Waals surface area contributed by atoms with Crippen molar-refractivity contribution in [3.8, 4) is 0 Å². The van der Waals surface area contributed by atoms with Crippen LogP contribution in [0.1, 0.15) is 32.6 Å². The van der Waals surface area contributed by atoms with Gasteiger partial charge in [0.2, 0.25) is 5.91 Å². The minimum atomic E-state index is -0.0643. The third kappa shape index (κ3) is 3.82. The van der Waals surface area contributed by atoms with E-state index in [0.717, 1.165) is 30.6 Å². The number of aromatic nitrogens is 2. The van der Waals surface area contributed by atoms with E-state index < -0.39 is 0 Å². The van der Waals surface area contributed by atoms with Crippen molar-refractivity contribution in [2.45, 2.75) is 50.4 Å². The zero-order chi connectivity index (χ0) is 17.8. The molecular formula is C18H23N3O2S2. The second kappa shape index (κ2) is 8.19. The van der Waals surface area contributed by atoms with Crippen LogP contribution in [0.4, 0.5) is 0 Å². The molecular weight excluding hydrogens is 354 g/mol. The van der Waals surface area contributed by atoms with Gasteiger partial charge in [-0.3, -0.25) is 14.2 Å². The number of thioether (sulfide) groups is 1. The number of piperidine rings is 1. The summed E-state index contributed by atoms with van der Waals surface area (Å²) >= 11 is 2.80. The largest absolute Gasteiger partial charge is 0.339 e. The van der Waals surface area contributed by atoms with Gasteiger partial charge >= 0.3 is 0 Å². The Morgan fingerprint density at radius 2 is 2.36 bits per heavy atom. The number of thiophene rings is 1. The summed E-state index contributed by atoms with van der Waals surface area (Å²) in [5.41, 5.74) is -0.0643. The average Bonchev–Trinajstić information content (AvgIpc) is 3.11. The van der Waals surface area contributed by atoms with Gasteiger partial charge in [0, 0.05) is 19.1 Å². The Bertz CT molecular complexity index is 827. The third-order valence-corrected chi connectivity index (χ3v) is 6.37. The minimum Gasteiger partial charge on any atom is -0.339 e. The quantitative estimate of drug-likeness (QED) is 0.439. The van der Waals surface area contributed by atoms with E-state index in [4.69, 9.17) is 0 Å². The highest BCUT2D eigenvalue weighted by Gasteiger charge is 2.25. The minimum absolute atomic E-state index is 0.0643. The standard InChI is InChI=1S/C18H23N3O2S2/c1-3-9-21-17(23)14-8-11-24-16(14)19-18(21)25-12-15(22)20-10-6-5-7-13(20)4-2/h3,8,11,13H,1,4-7,9-10,12H2,2H3. The van der Waals surface area contributed by atoms with Crippen molar-refractivity contribution in [1.29, 1.82) is 0 Å². The molecule has 1 atom stereocenters. The number of carbonyl (C=O) groups is 1. The molecule has 3 rings (SSSR count). The van der Waals surface area contributed by atoms with Crippen molar-refractivity contribution in [3.05, 3.63) is 34.5 Å². The molecule has 25 heavy (non-hydrogen) atoms. The summed E-state index contributed by atoms with van der Waals surface area (Å²) in [5, 5.41) is 3.10. The van der Waals surface area contributed by atoms with Gasteiger partial charge in [-0.15, -0.1) is 17.9 Å².